The molecule has 1 atom stereocenters. The highest BCUT2D eigenvalue weighted by molar-refractivity contribution is 5.97. The van der Waals surface area contributed by atoms with Crippen LogP contribution >= 0.6 is 0 Å². The molecule has 114 valence electrons. The number of urea groups is 1. The van der Waals surface area contributed by atoms with Gasteiger partial charge in [-0.1, -0.05) is 0 Å². The average Bonchev–Trinajstić information content (AvgIpc) is 2.37. The van der Waals surface area contributed by atoms with Gasteiger partial charge in [-0.3, -0.25) is 14.9 Å². The minimum atomic E-state index is -0.924. The molecule has 0 spiro atoms. The van der Waals surface area contributed by atoms with E-state index in [-0.39, 0.29) is 5.91 Å². The molecule has 1 aromatic carbocycles. The first kappa shape index (κ1) is 16.3. The lowest BCUT2D eigenvalue weighted by Crippen LogP contribution is -2.43. The maximum absolute atomic E-state index is 11.6. The molecule has 0 bridgehead atoms. The molecule has 0 aliphatic carbocycles. The van der Waals surface area contributed by atoms with E-state index in [1.165, 1.54) is 14.0 Å². The van der Waals surface area contributed by atoms with Crippen molar-refractivity contribution >= 4 is 29.2 Å². The molecule has 0 saturated heterocycles. The second-order valence-electron chi connectivity index (χ2n) is 4.32. The number of benzene rings is 1. The zero-order valence-electron chi connectivity index (χ0n) is 12.0. The predicted molar refractivity (Wildman–Crippen MR) is 78.1 cm³/mol. The molecule has 1 rings (SSSR count). The molecule has 21 heavy (non-hydrogen) atoms. The molecule has 8 nitrogen and oxygen atoms in total. The highest BCUT2D eigenvalue weighted by atomic mass is 16.5. The summed E-state index contributed by atoms with van der Waals surface area (Å²) in [6.07, 6.45) is 0. The first-order chi connectivity index (χ1) is 9.83. The summed E-state index contributed by atoms with van der Waals surface area (Å²) in [6.45, 7) is 2.95. The fraction of sp³-hybridized carbons (Fsp3) is 0.308. The van der Waals surface area contributed by atoms with Crippen molar-refractivity contribution in [3.8, 4) is 5.75 Å². The highest BCUT2D eigenvalue weighted by Gasteiger charge is 2.16. The number of rotatable bonds is 5. The monoisotopic (exact) mass is 294 g/mol. The number of anilines is 2. The van der Waals surface area contributed by atoms with Crippen molar-refractivity contribution in [1.82, 2.24) is 5.32 Å². The fourth-order valence-electron chi connectivity index (χ4n) is 1.63. The third-order valence-electron chi connectivity index (χ3n) is 2.53. The minimum Gasteiger partial charge on any atom is -0.495 e. The quantitative estimate of drug-likeness (QED) is 0.635. The molecule has 0 heterocycles. The average molecular weight is 294 g/mol. The number of hydrogen-bond donors (Lipinski definition) is 4. The standard InChI is InChI=1S/C13H18N4O4/c1-7(12(19)17-13(14)20)15-10-6-9(16-8(2)18)4-5-11(10)21-3/h4-7,15H,1-3H3,(H,16,18)(H3,14,17,19,20)/t7-/m1/s1. The second kappa shape index (κ2) is 7.13. The van der Waals surface area contributed by atoms with Crippen LogP contribution in [-0.2, 0) is 9.59 Å². The van der Waals surface area contributed by atoms with Gasteiger partial charge < -0.3 is 21.1 Å². The Morgan fingerprint density at radius 1 is 1.29 bits per heavy atom. The maximum Gasteiger partial charge on any atom is 0.318 e. The number of nitrogens with two attached hydrogens (primary N) is 1. The summed E-state index contributed by atoms with van der Waals surface area (Å²) in [5.41, 5.74) is 5.93. The first-order valence-corrected chi connectivity index (χ1v) is 6.16. The highest BCUT2D eigenvalue weighted by Crippen LogP contribution is 2.28. The van der Waals surface area contributed by atoms with Gasteiger partial charge in [-0.2, -0.15) is 0 Å². The van der Waals surface area contributed by atoms with Crippen LogP contribution in [0, 0.1) is 0 Å². The summed E-state index contributed by atoms with van der Waals surface area (Å²) in [6, 6.07) is 3.28. The molecule has 5 N–H and O–H groups in total. The van der Waals surface area contributed by atoms with Gasteiger partial charge in [0, 0.05) is 12.6 Å². The molecule has 0 fully saturated rings. The molecular formula is C13H18N4O4. The third-order valence-corrected chi connectivity index (χ3v) is 2.53. The molecular weight excluding hydrogens is 276 g/mol. The zero-order chi connectivity index (χ0) is 16.0. The number of hydrogen-bond acceptors (Lipinski definition) is 5. The molecule has 0 aliphatic rings. The van der Waals surface area contributed by atoms with Crippen LogP contribution in [0.4, 0.5) is 16.2 Å². The Balaban J connectivity index is 2.91. The van der Waals surface area contributed by atoms with E-state index in [1.54, 1.807) is 25.1 Å². The van der Waals surface area contributed by atoms with Crippen molar-refractivity contribution in [3.63, 3.8) is 0 Å². The summed E-state index contributed by atoms with van der Waals surface area (Å²) in [5, 5.41) is 7.48. The van der Waals surface area contributed by atoms with Crippen molar-refractivity contribution in [2.45, 2.75) is 19.9 Å². The van der Waals surface area contributed by atoms with Gasteiger partial charge in [0.2, 0.25) is 11.8 Å². The maximum atomic E-state index is 11.6. The lowest BCUT2D eigenvalue weighted by atomic mass is 10.2. The Hall–Kier alpha value is -2.77. The topological polar surface area (TPSA) is 123 Å². The van der Waals surface area contributed by atoms with Gasteiger partial charge in [-0.15, -0.1) is 0 Å². The molecule has 4 amide bonds. The van der Waals surface area contributed by atoms with Gasteiger partial charge in [0.25, 0.3) is 0 Å². The van der Waals surface area contributed by atoms with Gasteiger partial charge >= 0.3 is 6.03 Å². The van der Waals surface area contributed by atoms with E-state index in [9.17, 15) is 14.4 Å². The summed E-state index contributed by atoms with van der Waals surface area (Å²) in [7, 11) is 1.48. The van der Waals surface area contributed by atoms with Gasteiger partial charge in [-0.05, 0) is 25.1 Å². The van der Waals surface area contributed by atoms with Gasteiger partial charge in [0.1, 0.15) is 11.8 Å². The Morgan fingerprint density at radius 3 is 2.48 bits per heavy atom. The summed E-state index contributed by atoms with van der Waals surface area (Å²) in [4.78, 5) is 33.3. The SMILES string of the molecule is COc1ccc(NC(C)=O)cc1N[C@H](C)C(=O)NC(N)=O. The van der Waals surface area contributed by atoms with E-state index in [0.29, 0.717) is 17.1 Å². The molecule has 0 aliphatic heterocycles. The normalized spacial score (nSPS) is 11.2. The Morgan fingerprint density at radius 2 is 1.95 bits per heavy atom. The molecule has 0 aromatic heterocycles. The first-order valence-electron chi connectivity index (χ1n) is 6.16. The predicted octanol–water partition coefficient (Wildman–Crippen LogP) is 0.649. The summed E-state index contributed by atoms with van der Waals surface area (Å²) < 4.78 is 5.17. The van der Waals surface area contributed by atoms with Crippen LogP contribution in [0.1, 0.15) is 13.8 Å². The number of primary amides is 1. The smallest absolute Gasteiger partial charge is 0.318 e. The van der Waals surface area contributed by atoms with Crippen molar-refractivity contribution in [3.05, 3.63) is 18.2 Å². The molecule has 8 heteroatoms. The van der Waals surface area contributed by atoms with Crippen LogP contribution in [-0.4, -0.2) is 31.0 Å². The van der Waals surface area contributed by atoms with Crippen LogP contribution in [0.5, 0.6) is 5.75 Å². The number of carbonyl (C=O) groups is 3. The van der Waals surface area contributed by atoms with E-state index >= 15 is 0 Å². The van der Waals surface area contributed by atoms with Crippen LogP contribution in [0.3, 0.4) is 0 Å². The van der Waals surface area contributed by atoms with E-state index in [0.717, 1.165) is 0 Å². The number of imide groups is 1. The van der Waals surface area contributed by atoms with Crippen molar-refractivity contribution in [1.29, 1.82) is 0 Å². The van der Waals surface area contributed by atoms with Crippen molar-refractivity contribution < 1.29 is 19.1 Å². The summed E-state index contributed by atoms with van der Waals surface area (Å²) >= 11 is 0. The largest absolute Gasteiger partial charge is 0.495 e. The van der Waals surface area contributed by atoms with Crippen molar-refractivity contribution in [2.75, 3.05) is 17.7 Å². The lowest BCUT2D eigenvalue weighted by molar-refractivity contribution is -0.120. The van der Waals surface area contributed by atoms with Crippen LogP contribution in [0.2, 0.25) is 0 Å². The number of ether oxygens (including phenoxy) is 1. The molecule has 0 radical (unpaired) electrons. The lowest BCUT2D eigenvalue weighted by Gasteiger charge is -2.17. The fourth-order valence-corrected chi connectivity index (χ4v) is 1.63. The Kier molecular flexibility index (Phi) is 5.53. The van der Waals surface area contributed by atoms with E-state index < -0.39 is 18.0 Å². The third kappa shape index (κ3) is 5.01. The number of methoxy groups -OCH3 is 1. The van der Waals surface area contributed by atoms with Gasteiger partial charge in [0.15, 0.2) is 0 Å². The van der Waals surface area contributed by atoms with Gasteiger partial charge in [0.05, 0.1) is 12.8 Å². The zero-order valence-corrected chi connectivity index (χ0v) is 12.0. The van der Waals surface area contributed by atoms with E-state index in [4.69, 9.17) is 10.5 Å². The van der Waals surface area contributed by atoms with Crippen molar-refractivity contribution in [2.24, 2.45) is 5.73 Å². The van der Waals surface area contributed by atoms with Crippen LogP contribution in [0.15, 0.2) is 18.2 Å². The number of carbonyl (C=O) groups excluding carboxylic acids is 3. The molecule has 1 aromatic rings. The molecule has 0 unspecified atom stereocenters. The van der Waals surface area contributed by atoms with Gasteiger partial charge in [-0.25, -0.2) is 4.79 Å². The Labute approximate surface area is 122 Å². The Bertz CT molecular complexity index is 559. The summed E-state index contributed by atoms with van der Waals surface area (Å²) in [5.74, 6) is -0.303. The van der Waals surface area contributed by atoms with Crippen LogP contribution in [0.25, 0.3) is 0 Å². The second-order valence-corrected chi connectivity index (χ2v) is 4.32. The van der Waals surface area contributed by atoms with E-state index in [2.05, 4.69) is 10.6 Å². The molecule has 0 saturated carbocycles. The van der Waals surface area contributed by atoms with E-state index in [1.807, 2.05) is 5.32 Å². The van der Waals surface area contributed by atoms with Crippen LogP contribution < -0.4 is 26.4 Å². The minimum absolute atomic E-state index is 0.217. The number of amides is 4. The number of nitrogens with one attached hydrogen (secondary N) is 3.